The van der Waals surface area contributed by atoms with Gasteiger partial charge in [0, 0.05) is 25.1 Å². The summed E-state index contributed by atoms with van der Waals surface area (Å²) >= 11 is 0. The van der Waals surface area contributed by atoms with Crippen molar-refractivity contribution in [1.29, 1.82) is 0 Å². The molecule has 28 heavy (non-hydrogen) atoms. The first-order valence-corrected chi connectivity index (χ1v) is 10.5. The van der Waals surface area contributed by atoms with Crippen LogP contribution in [0.25, 0.3) is 11.1 Å². The quantitative estimate of drug-likeness (QED) is 0.650. The zero-order valence-corrected chi connectivity index (χ0v) is 16.6. The summed E-state index contributed by atoms with van der Waals surface area (Å²) in [7, 11) is -0.679. The van der Waals surface area contributed by atoms with Gasteiger partial charge in [-0.05, 0) is 37.1 Å². The van der Waals surface area contributed by atoms with Crippen LogP contribution in [0.5, 0.6) is 11.5 Å². The highest BCUT2D eigenvalue weighted by molar-refractivity contribution is 7.89. The molecule has 0 radical (unpaired) electrons. The van der Waals surface area contributed by atoms with Crippen molar-refractivity contribution in [2.24, 2.45) is 0 Å². The molecule has 1 saturated heterocycles. The minimum atomic E-state index is -3.66. The van der Waals surface area contributed by atoms with Crippen molar-refractivity contribution < 1.29 is 22.3 Å². The number of sulfonamides is 1. The first kappa shape index (κ1) is 18.8. The van der Waals surface area contributed by atoms with Crippen LogP contribution in [0, 0.1) is 0 Å². The third-order valence-electron chi connectivity index (χ3n) is 5.10. The molecule has 4 rings (SSSR count). The Labute approximate surface area is 163 Å². The number of rotatable bonds is 5. The second kappa shape index (κ2) is 7.44. The molecule has 0 amide bonds. The average molecular weight is 402 g/mol. The Bertz CT molecular complexity index is 1050. The summed E-state index contributed by atoms with van der Waals surface area (Å²) < 4.78 is 44.0. The molecule has 7 nitrogen and oxygen atoms in total. The molecule has 1 aromatic heterocycles. The summed E-state index contributed by atoms with van der Waals surface area (Å²) in [5.74, 6) is 1.61. The average Bonchev–Trinajstić information content (AvgIpc) is 3.17. The smallest absolute Gasteiger partial charge is 0.246 e. The van der Waals surface area contributed by atoms with Crippen LogP contribution >= 0.6 is 0 Å². The number of methoxy groups -OCH3 is 2. The van der Waals surface area contributed by atoms with E-state index in [0.29, 0.717) is 37.6 Å². The standard InChI is InChI=1S/C20H22N2O5S/c1-25-15-7-8-19(18(13-15)26-2)28(23,24)22-11-9-14(10-12-22)20-21-16-5-3-4-6-17(16)27-20/h3-8,13-14H,9-12H2,1-2H3. The number of fused-ring (bicyclic) bond motifs is 1. The van der Waals surface area contributed by atoms with E-state index in [2.05, 4.69) is 4.98 Å². The van der Waals surface area contributed by atoms with Crippen molar-refractivity contribution in [3.8, 4) is 11.5 Å². The maximum atomic E-state index is 13.1. The lowest BCUT2D eigenvalue weighted by molar-refractivity contribution is 0.292. The van der Waals surface area contributed by atoms with E-state index in [-0.39, 0.29) is 16.6 Å². The number of ether oxygens (including phenoxy) is 2. The monoisotopic (exact) mass is 402 g/mol. The minimum absolute atomic E-state index is 0.108. The highest BCUT2D eigenvalue weighted by Crippen LogP contribution is 2.35. The van der Waals surface area contributed by atoms with Crippen LogP contribution < -0.4 is 9.47 Å². The molecule has 0 atom stereocenters. The molecule has 0 N–H and O–H groups in total. The van der Waals surface area contributed by atoms with E-state index in [1.54, 1.807) is 12.1 Å². The van der Waals surface area contributed by atoms with E-state index in [1.807, 2.05) is 24.3 Å². The van der Waals surface area contributed by atoms with E-state index >= 15 is 0 Å². The topological polar surface area (TPSA) is 81.9 Å². The fraction of sp³-hybridized carbons (Fsp3) is 0.350. The van der Waals surface area contributed by atoms with Crippen LogP contribution in [-0.4, -0.2) is 45.0 Å². The largest absolute Gasteiger partial charge is 0.497 e. The highest BCUT2D eigenvalue weighted by Gasteiger charge is 2.33. The lowest BCUT2D eigenvalue weighted by Gasteiger charge is -2.30. The van der Waals surface area contributed by atoms with Crippen LogP contribution in [0.1, 0.15) is 24.7 Å². The van der Waals surface area contributed by atoms with Gasteiger partial charge >= 0.3 is 0 Å². The molecular formula is C20H22N2O5S. The molecule has 0 aliphatic carbocycles. The second-order valence-electron chi connectivity index (χ2n) is 6.71. The zero-order chi connectivity index (χ0) is 19.7. The first-order valence-electron chi connectivity index (χ1n) is 9.10. The van der Waals surface area contributed by atoms with E-state index in [4.69, 9.17) is 13.9 Å². The van der Waals surface area contributed by atoms with Crippen molar-refractivity contribution in [2.75, 3.05) is 27.3 Å². The molecule has 0 bridgehead atoms. The number of nitrogens with zero attached hydrogens (tertiary/aromatic N) is 2. The highest BCUT2D eigenvalue weighted by atomic mass is 32.2. The fourth-order valence-corrected chi connectivity index (χ4v) is 5.14. The predicted molar refractivity (Wildman–Crippen MR) is 104 cm³/mol. The summed E-state index contributed by atoms with van der Waals surface area (Å²) in [6, 6.07) is 12.4. The van der Waals surface area contributed by atoms with Gasteiger partial charge in [0.15, 0.2) is 11.5 Å². The fourth-order valence-electron chi connectivity index (χ4n) is 3.53. The van der Waals surface area contributed by atoms with E-state index in [1.165, 1.54) is 24.6 Å². The summed E-state index contributed by atoms with van der Waals surface area (Å²) in [6.45, 7) is 0.807. The molecule has 3 aromatic rings. The second-order valence-corrected chi connectivity index (χ2v) is 8.62. The number of para-hydroxylation sites is 2. The number of piperidine rings is 1. The van der Waals surface area contributed by atoms with E-state index in [0.717, 1.165) is 11.1 Å². The molecular weight excluding hydrogens is 380 g/mol. The number of oxazole rings is 1. The van der Waals surface area contributed by atoms with Crippen molar-refractivity contribution in [3.63, 3.8) is 0 Å². The third-order valence-corrected chi connectivity index (χ3v) is 7.04. The van der Waals surface area contributed by atoms with Gasteiger partial charge in [0.1, 0.15) is 21.9 Å². The Kier molecular flexibility index (Phi) is 4.99. The lowest BCUT2D eigenvalue weighted by Crippen LogP contribution is -2.38. The molecule has 0 saturated carbocycles. The van der Waals surface area contributed by atoms with Crippen molar-refractivity contribution in [2.45, 2.75) is 23.7 Å². The Morgan fingerprint density at radius 3 is 2.50 bits per heavy atom. The normalized spacial score (nSPS) is 16.4. The van der Waals surface area contributed by atoms with Gasteiger partial charge in [-0.15, -0.1) is 0 Å². The molecule has 1 aliphatic rings. The van der Waals surface area contributed by atoms with Crippen molar-refractivity contribution in [1.82, 2.24) is 9.29 Å². The zero-order valence-electron chi connectivity index (χ0n) is 15.8. The van der Waals surface area contributed by atoms with Gasteiger partial charge in [0.2, 0.25) is 10.0 Å². The van der Waals surface area contributed by atoms with Gasteiger partial charge in [-0.3, -0.25) is 0 Å². The van der Waals surface area contributed by atoms with Gasteiger partial charge in [-0.25, -0.2) is 13.4 Å². The van der Waals surface area contributed by atoms with Gasteiger partial charge in [0.25, 0.3) is 0 Å². The van der Waals surface area contributed by atoms with Crippen LogP contribution in [-0.2, 0) is 10.0 Å². The predicted octanol–water partition coefficient (Wildman–Crippen LogP) is 3.41. The summed E-state index contributed by atoms with van der Waals surface area (Å²) in [4.78, 5) is 4.71. The van der Waals surface area contributed by atoms with Gasteiger partial charge in [-0.1, -0.05) is 12.1 Å². The van der Waals surface area contributed by atoms with E-state index in [9.17, 15) is 8.42 Å². The minimum Gasteiger partial charge on any atom is -0.497 e. The summed E-state index contributed by atoms with van der Waals surface area (Å²) in [6.07, 6.45) is 1.31. The third kappa shape index (κ3) is 3.33. The molecule has 0 unspecified atom stereocenters. The Balaban J connectivity index is 1.52. The Morgan fingerprint density at radius 2 is 1.82 bits per heavy atom. The number of aromatic nitrogens is 1. The molecule has 8 heteroatoms. The molecule has 1 aliphatic heterocycles. The molecule has 1 fully saturated rings. The van der Waals surface area contributed by atoms with Crippen LogP contribution in [0.15, 0.2) is 51.8 Å². The van der Waals surface area contributed by atoms with Crippen LogP contribution in [0.3, 0.4) is 0 Å². The van der Waals surface area contributed by atoms with Crippen LogP contribution in [0.4, 0.5) is 0 Å². The van der Waals surface area contributed by atoms with Crippen LogP contribution in [0.2, 0.25) is 0 Å². The number of hydrogen-bond donors (Lipinski definition) is 0. The maximum Gasteiger partial charge on any atom is 0.246 e. The Morgan fingerprint density at radius 1 is 1.07 bits per heavy atom. The SMILES string of the molecule is COc1ccc(S(=O)(=O)N2CCC(c3nc4ccccc4o3)CC2)c(OC)c1. The molecule has 0 spiro atoms. The summed E-state index contributed by atoms with van der Waals surface area (Å²) in [5.41, 5.74) is 1.59. The van der Waals surface area contributed by atoms with Gasteiger partial charge in [-0.2, -0.15) is 4.31 Å². The van der Waals surface area contributed by atoms with E-state index < -0.39 is 10.0 Å². The molecule has 2 heterocycles. The summed E-state index contributed by atoms with van der Waals surface area (Å²) in [5, 5.41) is 0. The number of benzene rings is 2. The lowest BCUT2D eigenvalue weighted by atomic mass is 9.98. The first-order chi connectivity index (χ1) is 13.5. The van der Waals surface area contributed by atoms with Gasteiger partial charge < -0.3 is 13.9 Å². The molecule has 2 aromatic carbocycles. The van der Waals surface area contributed by atoms with Crippen molar-refractivity contribution in [3.05, 3.63) is 48.4 Å². The van der Waals surface area contributed by atoms with Gasteiger partial charge in [0.05, 0.1) is 14.2 Å². The Hall–Kier alpha value is -2.58. The van der Waals surface area contributed by atoms with Crippen molar-refractivity contribution >= 4 is 21.1 Å². The number of hydrogen-bond acceptors (Lipinski definition) is 6. The molecule has 148 valence electrons. The maximum absolute atomic E-state index is 13.1.